The Morgan fingerprint density at radius 3 is 3.07 bits per heavy atom. The summed E-state index contributed by atoms with van der Waals surface area (Å²) >= 11 is 1.86. The largest absolute Gasteiger partial charge is 0.374 e. The van der Waals surface area contributed by atoms with Crippen LogP contribution in [-0.2, 0) is 9.53 Å². The Bertz CT molecular complexity index is 187. The minimum absolute atomic E-state index is 0.0746. The molecule has 0 N–H and O–H groups in total. The van der Waals surface area contributed by atoms with Gasteiger partial charge in [-0.3, -0.25) is 9.69 Å². The lowest BCUT2D eigenvalue weighted by molar-refractivity contribution is -0.127. The molecule has 14 heavy (non-hydrogen) atoms. The molecule has 0 spiro atoms. The van der Waals surface area contributed by atoms with Crippen molar-refractivity contribution >= 4 is 17.5 Å². The van der Waals surface area contributed by atoms with Gasteiger partial charge in [-0.05, 0) is 13.5 Å². The number of carbonyl (C=O) groups excluding carboxylic acids is 1. The van der Waals surface area contributed by atoms with Crippen LogP contribution in [0.1, 0.15) is 13.3 Å². The first-order valence-electron chi connectivity index (χ1n) is 5.14. The van der Waals surface area contributed by atoms with Crippen molar-refractivity contribution in [2.24, 2.45) is 0 Å². The second kappa shape index (κ2) is 6.43. The summed E-state index contributed by atoms with van der Waals surface area (Å²) in [5.74, 6) is 2.29. The Hall–Kier alpha value is -0.0600. The van der Waals surface area contributed by atoms with Crippen molar-refractivity contribution in [3.8, 4) is 0 Å². The van der Waals surface area contributed by atoms with Gasteiger partial charge in [-0.15, -0.1) is 0 Å². The number of nitrogens with zero attached hydrogens (tertiary/aromatic N) is 1. The number of ether oxygens (including phenoxy) is 1. The summed E-state index contributed by atoms with van der Waals surface area (Å²) in [6.07, 6.45) is 0.975. The predicted molar refractivity (Wildman–Crippen MR) is 59.9 cm³/mol. The SMILES string of the molecule is CCCOCC(=O)C1CSCCN1C. The molecule has 0 aromatic carbocycles. The first-order chi connectivity index (χ1) is 6.75. The van der Waals surface area contributed by atoms with Crippen LogP contribution in [0.25, 0.3) is 0 Å². The van der Waals surface area contributed by atoms with E-state index in [-0.39, 0.29) is 18.4 Å². The van der Waals surface area contributed by atoms with Crippen LogP contribution < -0.4 is 0 Å². The number of rotatable bonds is 5. The van der Waals surface area contributed by atoms with Crippen LogP contribution in [-0.4, -0.2) is 55.0 Å². The molecule has 0 radical (unpaired) electrons. The molecule has 1 aliphatic rings. The third-order valence-corrected chi connectivity index (χ3v) is 3.38. The first-order valence-corrected chi connectivity index (χ1v) is 6.29. The molecule has 1 rings (SSSR count). The predicted octanol–water partition coefficient (Wildman–Crippen LogP) is 1.03. The topological polar surface area (TPSA) is 29.5 Å². The van der Waals surface area contributed by atoms with Crippen LogP contribution in [0.5, 0.6) is 0 Å². The molecule has 0 aromatic heterocycles. The van der Waals surface area contributed by atoms with Gasteiger partial charge in [-0.2, -0.15) is 11.8 Å². The van der Waals surface area contributed by atoms with Crippen LogP contribution >= 0.6 is 11.8 Å². The number of likely N-dealkylation sites (N-methyl/N-ethyl adjacent to an activating group) is 1. The van der Waals surface area contributed by atoms with Crippen molar-refractivity contribution in [1.29, 1.82) is 0 Å². The van der Waals surface area contributed by atoms with E-state index in [0.717, 1.165) is 24.5 Å². The van der Waals surface area contributed by atoms with Crippen LogP contribution in [0, 0.1) is 0 Å². The zero-order valence-corrected chi connectivity index (χ0v) is 9.81. The standard InChI is InChI=1S/C10H19NO2S/c1-3-5-13-7-10(12)9-8-14-6-4-11(9)2/h9H,3-8H2,1-2H3. The summed E-state index contributed by atoms with van der Waals surface area (Å²) in [5.41, 5.74) is 0. The van der Waals surface area contributed by atoms with Crippen molar-refractivity contribution in [3.63, 3.8) is 0 Å². The van der Waals surface area contributed by atoms with Gasteiger partial charge in [0.05, 0.1) is 6.04 Å². The molecule has 3 nitrogen and oxygen atoms in total. The third kappa shape index (κ3) is 3.59. The van der Waals surface area contributed by atoms with Crippen molar-refractivity contribution in [1.82, 2.24) is 4.90 Å². The summed E-state index contributed by atoms with van der Waals surface area (Å²) in [7, 11) is 2.02. The van der Waals surface area contributed by atoms with E-state index in [1.165, 1.54) is 0 Å². The van der Waals surface area contributed by atoms with Crippen LogP contribution in [0.3, 0.4) is 0 Å². The number of carbonyl (C=O) groups is 1. The van der Waals surface area contributed by atoms with E-state index >= 15 is 0 Å². The van der Waals surface area contributed by atoms with Gasteiger partial charge in [0.15, 0.2) is 5.78 Å². The molecule has 82 valence electrons. The average Bonchev–Trinajstić information content (AvgIpc) is 2.18. The highest BCUT2D eigenvalue weighted by molar-refractivity contribution is 7.99. The third-order valence-electron chi connectivity index (χ3n) is 2.36. The van der Waals surface area contributed by atoms with Gasteiger partial charge in [-0.25, -0.2) is 0 Å². The molecule has 1 unspecified atom stereocenters. The fourth-order valence-corrected chi connectivity index (χ4v) is 2.69. The van der Waals surface area contributed by atoms with Gasteiger partial charge in [0.2, 0.25) is 0 Å². The summed E-state index contributed by atoms with van der Waals surface area (Å²) in [6.45, 7) is 4.03. The maximum absolute atomic E-state index is 11.7. The van der Waals surface area contributed by atoms with Gasteiger partial charge in [-0.1, -0.05) is 6.92 Å². The monoisotopic (exact) mass is 217 g/mol. The second-order valence-electron chi connectivity index (χ2n) is 3.59. The Morgan fingerprint density at radius 1 is 1.64 bits per heavy atom. The molecule has 4 heteroatoms. The Balaban J connectivity index is 2.27. The van der Waals surface area contributed by atoms with Crippen molar-refractivity contribution in [3.05, 3.63) is 0 Å². The summed E-state index contributed by atoms with van der Waals surface area (Å²) in [4.78, 5) is 13.8. The molecule has 1 fully saturated rings. The zero-order valence-electron chi connectivity index (χ0n) is 8.99. The minimum atomic E-state index is 0.0746. The lowest BCUT2D eigenvalue weighted by atomic mass is 10.2. The lowest BCUT2D eigenvalue weighted by Gasteiger charge is -2.30. The average molecular weight is 217 g/mol. The second-order valence-corrected chi connectivity index (χ2v) is 4.74. The van der Waals surface area contributed by atoms with Crippen molar-refractivity contribution in [2.45, 2.75) is 19.4 Å². The molecule has 0 aliphatic carbocycles. The molecule has 0 bridgehead atoms. The highest BCUT2D eigenvalue weighted by Crippen LogP contribution is 2.15. The normalized spacial score (nSPS) is 23.7. The summed E-state index contributed by atoms with van der Waals surface area (Å²) in [6, 6.07) is 0.0746. The molecule has 1 atom stereocenters. The fourth-order valence-electron chi connectivity index (χ4n) is 1.44. The van der Waals surface area contributed by atoms with E-state index in [9.17, 15) is 4.79 Å². The van der Waals surface area contributed by atoms with E-state index in [2.05, 4.69) is 4.90 Å². The van der Waals surface area contributed by atoms with E-state index in [1.807, 2.05) is 25.7 Å². The lowest BCUT2D eigenvalue weighted by Crippen LogP contribution is -2.46. The summed E-state index contributed by atoms with van der Waals surface area (Å²) in [5, 5.41) is 0. The zero-order chi connectivity index (χ0) is 10.4. The van der Waals surface area contributed by atoms with E-state index in [1.54, 1.807) is 0 Å². The van der Waals surface area contributed by atoms with Gasteiger partial charge in [0.1, 0.15) is 6.61 Å². The number of thioether (sulfide) groups is 1. The number of ketones is 1. The highest BCUT2D eigenvalue weighted by Gasteiger charge is 2.25. The smallest absolute Gasteiger partial charge is 0.176 e. The molecule has 0 saturated carbocycles. The molecule has 1 saturated heterocycles. The molecule has 1 aliphatic heterocycles. The van der Waals surface area contributed by atoms with Gasteiger partial charge in [0, 0.05) is 24.7 Å². The van der Waals surface area contributed by atoms with Crippen molar-refractivity contribution < 1.29 is 9.53 Å². The maximum atomic E-state index is 11.7. The Morgan fingerprint density at radius 2 is 2.43 bits per heavy atom. The number of hydrogen-bond donors (Lipinski definition) is 0. The molecule has 0 amide bonds. The van der Waals surface area contributed by atoms with Crippen LogP contribution in [0.15, 0.2) is 0 Å². The highest BCUT2D eigenvalue weighted by atomic mass is 32.2. The molecule has 0 aromatic rings. The van der Waals surface area contributed by atoms with E-state index < -0.39 is 0 Å². The Kier molecular flexibility index (Phi) is 5.52. The molecular formula is C10H19NO2S. The maximum Gasteiger partial charge on any atom is 0.176 e. The molecule has 1 heterocycles. The fraction of sp³-hybridized carbons (Fsp3) is 0.900. The molecular weight excluding hydrogens is 198 g/mol. The van der Waals surface area contributed by atoms with Crippen molar-refractivity contribution in [2.75, 3.05) is 38.3 Å². The van der Waals surface area contributed by atoms with Gasteiger partial charge < -0.3 is 4.74 Å². The van der Waals surface area contributed by atoms with Crippen LogP contribution in [0.4, 0.5) is 0 Å². The van der Waals surface area contributed by atoms with Crippen LogP contribution in [0.2, 0.25) is 0 Å². The quantitative estimate of drug-likeness (QED) is 0.643. The van der Waals surface area contributed by atoms with E-state index in [4.69, 9.17) is 4.74 Å². The minimum Gasteiger partial charge on any atom is -0.374 e. The van der Waals surface area contributed by atoms with Gasteiger partial charge in [0.25, 0.3) is 0 Å². The first kappa shape index (κ1) is 12.0. The Labute approximate surface area is 90.2 Å². The van der Waals surface area contributed by atoms with E-state index in [0.29, 0.717) is 6.61 Å². The number of Topliss-reactive ketones (excluding diaryl/α,β-unsaturated/α-hetero) is 1. The summed E-state index contributed by atoms with van der Waals surface area (Å²) < 4.78 is 5.26. The number of hydrogen-bond acceptors (Lipinski definition) is 4. The van der Waals surface area contributed by atoms with Gasteiger partial charge >= 0.3 is 0 Å².